The van der Waals surface area contributed by atoms with Crippen molar-refractivity contribution in [3.63, 3.8) is 0 Å². The molecule has 2 heterocycles. The number of para-hydroxylation sites is 1. The first kappa shape index (κ1) is 19.6. The molecule has 0 saturated heterocycles. The smallest absolute Gasteiger partial charge is 0.341 e. The van der Waals surface area contributed by atoms with Gasteiger partial charge >= 0.3 is 5.97 Å². The van der Waals surface area contributed by atoms with Gasteiger partial charge in [0, 0.05) is 4.88 Å². The van der Waals surface area contributed by atoms with Gasteiger partial charge in [0.2, 0.25) is 0 Å². The fourth-order valence-corrected chi connectivity index (χ4v) is 3.75. The maximum Gasteiger partial charge on any atom is 0.341 e. The highest BCUT2D eigenvalue weighted by Gasteiger charge is 2.25. The number of aryl methyl sites for hydroxylation is 1. The van der Waals surface area contributed by atoms with Crippen LogP contribution in [0, 0.1) is 13.8 Å². The SMILES string of the molecule is CCOC(=O)c1c(NC(=O)c2nn(-c3ccccc3)cc2OC)sc(C)c1C. The first-order valence-electron chi connectivity index (χ1n) is 8.73. The minimum atomic E-state index is -0.460. The maximum absolute atomic E-state index is 12.9. The van der Waals surface area contributed by atoms with Gasteiger partial charge in [-0.25, -0.2) is 9.48 Å². The molecule has 28 heavy (non-hydrogen) atoms. The number of hydrogen-bond donors (Lipinski definition) is 1. The molecule has 1 aromatic carbocycles. The van der Waals surface area contributed by atoms with Crippen LogP contribution >= 0.6 is 11.3 Å². The molecular formula is C20H21N3O4S. The summed E-state index contributed by atoms with van der Waals surface area (Å²) < 4.78 is 12.0. The summed E-state index contributed by atoms with van der Waals surface area (Å²) in [6.45, 7) is 5.73. The van der Waals surface area contributed by atoms with Gasteiger partial charge in [0.05, 0.1) is 31.2 Å². The normalized spacial score (nSPS) is 10.6. The molecule has 8 heteroatoms. The van der Waals surface area contributed by atoms with Crippen molar-refractivity contribution < 1.29 is 19.1 Å². The summed E-state index contributed by atoms with van der Waals surface area (Å²) in [5.74, 6) is -0.580. The van der Waals surface area contributed by atoms with Crippen LogP contribution in [0.1, 0.15) is 38.2 Å². The average molecular weight is 399 g/mol. The number of esters is 1. The number of nitrogens with one attached hydrogen (secondary N) is 1. The number of rotatable bonds is 6. The molecule has 0 aliphatic rings. The minimum Gasteiger partial charge on any atom is -0.493 e. The first-order valence-corrected chi connectivity index (χ1v) is 9.55. The molecule has 7 nitrogen and oxygen atoms in total. The Morgan fingerprint density at radius 2 is 1.93 bits per heavy atom. The fourth-order valence-electron chi connectivity index (χ4n) is 2.70. The van der Waals surface area contributed by atoms with E-state index in [1.807, 2.05) is 44.2 Å². The Morgan fingerprint density at radius 1 is 1.21 bits per heavy atom. The number of hydrogen-bond acceptors (Lipinski definition) is 6. The summed E-state index contributed by atoms with van der Waals surface area (Å²) in [7, 11) is 1.48. The van der Waals surface area contributed by atoms with E-state index in [-0.39, 0.29) is 12.3 Å². The molecule has 0 spiro atoms. The number of amides is 1. The fraction of sp³-hybridized carbons (Fsp3) is 0.250. The third-order valence-electron chi connectivity index (χ3n) is 4.23. The molecule has 1 N–H and O–H groups in total. The zero-order chi connectivity index (χ0) is 20.3. The molecule has 0 aliphatic carbocycles. The highest BCUT2D eigenvalue weighted by Crippen LogP contribution is 2.34. The molecular weight excluding hydrogens is 378 g/mol. The second kappa shape index (κ2) is 8.26. The Balaban J connectivity index is 1.93. The molecule has 2 aromatic heterocycles. The summed E-state index contributed by atoms with van der Waals surface area (Å²) in [5, 5.41) is 7.59. The highest BCUT2D eigenvalue weighted by molar-refractivity contribution is 7.16. The van der Waals surface area contributed by atoms with Gasteiger partial charge in [-0.3, -0.25) is 4.79 Å². The van der Waals surface area contributed by atoms with Crippen LogP contribution in [0.15, 0.2) is 36.5 Å². The number of thiophene rings is 1. The van der Waals surface area contributed by atoms with Crippen LogP contribution < -0.4 is 10.1 Å². The predicted octanol–water partition coefficient (Wildman–Crippen LogP) is 3.99. The molecule has 3 rings (SSSR count). The molecule has 1 amide bonds. The lowest BCUT2D eigenvalue weighted by Gasteiger charge is -2.07. The molecule has 3 aromatic rings. The number of methoxy groups -OCH3 is 1. The second-order valence-corrected chi connectivity index (χ2v) is 7.21. The molecule has 0 fully saturated rings. The topological polar surface area (TPSA) is 82.5 Å². The summed E-state index contributed by atoms with van der Waals surface area (Å²) >= 11 is 1.33. The number of carbonyl (C=O) groups is 2. The van der Waals surface area contributed by atoms with Gasteiger partial charge in [-0.05, 0) is 38.5 Å². The van der Waals surface area contributed by atoms with Gasteiger partial charge in [-0.1, -0.05) is 18.2 Å². The quantitative estimate of drug-likeness (QED) is 0.634. The Morgan fingerprint density at radius 3 is 2.57 bits per heavy atom. The Kier molecular flexibility index (Phi) is 5.79. The molecule has 146 valence electrons. The number of aromatic nitrogens is 2. The van der Waals surface area contributed by atoms with Crippen LogP contribution in [-0.4, -0.2) is 35.4 Å². The number of anilines is 1. The van der Waals surface area contributed by atoms with E-state index in [1.165, 1.54) is 18.4 Å². The lowest BCUT2D eigenvalue weighted by atomic mass is 10.1. The van der Waals surface area contributed by atoms with E-state index in [9.17, 15) is 9.59 Å². The predicted molar refractivity (Wildman–Crippen MR) is 108 cm³/mol. The van der Waals surface area contributed by atoms with Crippen LogP contribution in [0.25, 0.3) is 5.69 Å². The van der Waals surface area contributed by atoms with E-state index in [4.69, 9.17) is 9.47 Å². The van der Waals surface area contributed by atoms with Crippen molar-refractivity contribution in [1.82, 2.24) is 9.78 Å². The molecule has 0 atom stereocenters. The first-order chi connectivity index (χ1) is 13.5. The zero-order valence-corrected chi connectivity index (χ0v) is 16.9. The Bertz CT molecular complexity index is 1010. The summed E-state index contributed by atoms with van der Waals surface area (Å²) in [6.07, 6.45) is 1.64. The van der Waals surface area contributed by atoms with Crippen molar-refractivity contribution in [2.45, 2.75) is 20.8 Å². The molecule has 0 radical (unpaired) electrons. The van der Waals surface area contributed by atoms with Crippen molar-refractivity contribution in [2.24, 2.45) is 0 Å². The lowest BCUT2D eigenvalue weighted by molar-refractivity contribution is 0.0527. The van der Waals surface area contributed by atoms with E-state index in [0.717, 1.165) is 16.1 Å². The number of benzene rings is 1. The van der Waals surface area contributed by atoms with Crippen molar-refractivity contribution >= 4 is 28.2 Å². The zero-order valence-electron chi connectivity index (χ0n) is 16.1. The van der Waals surface area contributed by atoms with E-state index in [1.54, 1.807) is 17.8 Å². The van der Waals surface area contributed by atoms with E-state index in [2.05, 4.69) is 10.4 Å². The second-order valence-electron chi connectivity index (χ2n) is 5.99. The average Bonchev–Trinajstić information content (AvgIpc) is 3.24. The molecule has 0 bridgehead atoms. The van der Waals surface area contributed by atoms with Gasteiger partial charge in [0.15, 0.2) is 11.4 Å². The summed E-state index contributed by atoms with van der Waals surface area (Å²) in [5.41, 5.74) is 2.10. The third kappa shape index (κ3) is 3.77. The molecule has 0 aliphatic heterocycles. The monoisotopic (exact) mass is 399 g/mol. The van der Waals surface area contributed by atoms with Crippen molar-refractivity contribution in [3.8, 4) is 11.4 Å². The van der Waals surface area contributed by atoms with E-state index >= 15 is 0 Å². The molecule has 0 unspecified atom stereocenters. The number of carbonyl (C=O) groups excluding carboxylic acids is 2. The lowest BCUT2D eigenvalue weighted by Crippen LogP contribution is -2.16. The van der Waals surface area contributed by atoms with Crippen LogP contribution in [0.3, 0.4) is 0 Å². The highest BCUT2D eigenvalue weighted by atomic mass is 32.1. The summed E-state index contributed by atoms with van der Waals surface area (Å²) in [4.78, 5) is 26.1. The van der Waals surface area contributed by atoms with Crippen LogP contribution in [0.5, 0.6) is 5.75 Å². The number of ether oxygens (including phenoxy) is 2. The minimum absolute atomic E-state index is 0.130. The van der Waals surface area contributed by atoms with Crippen molar-refractivity contribution in [3.05, 3.63) is 58.2 Å². The van der Waals surface area contributed by atoms with Gasteiger partial charge in [0.1, 0.15) is 5.00 Å². The van der Waals surface area contributed by atoms with Gasteiger partial charge in [-0.15, -0.1) is 11.3 Å². The largest absolute Gasteiger partial charge is 0.493 e. The van der Waals surface area contributed by atoms with Gasteiger partial charge in [-0.2, -0.15) is 5.10 Å². The van der Waals surface area contributed by atoms with E-state index in [0.29, 0.717) is 16.3 Å². The van der Waals surface area contributed by atoms with Crippen LogP contribution in [-0.2, 0) is 4.74 Å². The van der Waals surface area contributed by atoms with Crippen LogP contribution in [0.4, 0.5) is 5.00 Å². The Labute approximate surface area is 166 Å². The standard InChI is InChI=1S/C20H21N3O4S/c1-5-27-20(25)16-12(2)13(3)28-19(16)21-18(24)17-15(26-4)11-23(22-17)14-9-7-6-8-10-14/h6-11H,5H2,1-4H3,(H,21,24). The summed E-state index contributed by atoms with van der Waals surface area (Å²) in [6, 6.07) is 9.41. The van der Waals surface area contributed by atoms with Gasteiger partial charge < -0.3 is 14.8 Å². The third-order valence-corrected chi connectivity index (χ3v) is 5.35. The van der Waals surface area contributed by atoms with Crippen molar-refractivity contribution in [2.75, 3.05) is 19.0 Å². The maximum atomic E-state index is 12.9. The van der Waals surface area contributed by atoms with E-state index < -0.39 is 11.9 Å². The van der Waals surface area contributed by atoms with Crippen LogP contribution in [0.2, 0.25) is 0 Å². The van der Waals surface area contributed by atoms with Gasteiger partial charge in [0.25, 0.3) is 5.91 Å². The van der Waals surface area contributed by atoms with Crippen molar-refractivity contribution in [1.29, 1.82) is 0 Å². The molecule has 0 saturated carbocycles. The number of nitrogens with zero attached hydrogens (tertiary/aromatic N) is 2. The Hall–Kier alpha value is -3.13.